The fraction of sp³-hybridized carbons (Fsp3) is 0.562. The first kappa shape index (κ1) is 20.9. The van der Waals surface area contributed by atoms with E-state index < -0.39 is 0 Å². The molecule has 0 radical (unpaired) electrons. The topological polar surface area (TPSA) is 39.7 Å². The van der Waals surface area contributed by atoms with Gasteiger partial charge in [0, 0.05) is 49.1 Å². The van der Waals surface area contributed by atoms with Gasteiger partial charge in [0.15, 0.2) is 5.96 Å². The summed E-state index contributed by atoms with van der Waals surface area (Å²) in [6, 6.07) is 8.59. The second-order valence-corrected chi connectivity index (χ2v) is 7.35. The molecule has 1 aromatic carbocycles. The lowest BCUT2D eigenvalue weighted by atomic mass is 10.1. The third-order valence-electron chi connectivity index (χ3n) is 3.86. The van der Waals surface area contributed by atoms with E-state index in [1.807, 2.05) is 18.8 Å². The maximum atomic E-state index is 4.27. The SMILES string of the molecule is CN=C(NCCSC)NCC1CCN(c2ccc(Br)cc2)C1.I. The summed E-state index contributed by atoms with van der Waals surface area (Å²) in [6.07, 6.45) is 3.35. The molecule has 7 heteroatoms. The number of nitrogens with one attached hydrogen (secondary N) is 2. The summed E-state index contributed by atoms with van der Waals surface area (Å²) in [5.74, 6) is 2.68. The van der Waals surface area contributed by atoms with Crippen LogP contribution < -0.4 is 15.5 Å². The summed E-state index contributed by atoms with van der Waals surface area (Å²) >= 11 is 5.33. The lowest BCUT2D eigenvalue weighted by Gasteiger charge is -2.19. The summed E-state index contributed by atoms with van der Waals surface area (Å²) in [6.45, 7) is 4.17. The number of anilines is 1. The molecule has 1 fully saturated rings. The van der Waals surface area contributed by atoms with Gasteiger partial charge < -0.3 is 15.5 Å². The predicted octanol–water partition coefficient (Wildman–Crippen LogP) is 3.42. The number of rotatable bonds is 6. The summed E-state index contributed by atoms with van der Waals surface area (Å²) in [4.78, 5) is 6.74. The molecule has 0 saturated carbocycles. The minimum atomic E-state index is 0. The van der Waals surface area contributed by atoms with Gasteiger partial charge in [0.2, 0.25) is 0 Å². The molecule has 0 spiro atoms. The Hall–Kier alpha value is -0.150. The van der Waals surface area contributed by atoms with Gasteiger partial charge in [-0.15, -0.1) is 24.0 Å². The zero-order chi connectivity index (χ0) is 15.8. The molecule has 1 unspecified atom stereocenters. The molecule has 130 valence electrons. The van der Waals surface area contributed by atoms with Gasteiger partial charge in [-0.25, -0.2) is 0 Å². The molecule has 1 heterocycles. The van der Waals surface area contributed by atoms with E-state index in [1.165, 1.54) is 12.1 Å². The van der Waals surface area contributed by atoms with Crippen LogP contribution in [0.4, 0.5) is 5.69 Å². The van der Waals surface area contributed by atoms with Crippen LogP contribution in [0.3, 0.4) is 0 Å². The van der Waals surface area contributed by atoms with E-state index in [-0.39, 0.29) is 24.0 Å². The van der Waals surface area contributed by atoms with Crippen molar-refractivity contribution in [3.63, 3.8) is 0 Å². The second-order valence-electron chi connectivity index (χ2n) is 5.45. The first-order chi connectivity index (χ1) is 10.7. The molecule has 0 aliphatic carbocycles. The maximum Gasteiger partial charge on any atom is 0.191 e. The highest BCUT2D eigenvalue weighted by Gasteiger charge is 2.22. The van der Waals surface area contributed by atoms with Crippen LogP contribution >= 0.6 is 51.7 Å². The van der Waals surface area contributed by atoms with Crippen molar-refractivity contribution in [3.8, 4) is 0 Å². The number of guanidine groups is 1. The number of halogens is 2. The van der Waals surface area contributed by atoms with Gasteiger partial charge in [-0.05, 0) is 42.9 Å². The van der Waals surface area contributed by atoms with E-state index in [0.29, 0.717) is 5.92 Å². The summed E-state index contributed by atoms with van der Waals surface area (Å²) in [7, 11) is 1.83. The van der Waals surface area contributed by atoms with Gasteiger partial charge in [0.1, 0.15) is 0 Å². The van der Waals surface area contributed by atoms with Crippen LogP contribution in [0.2, 0.25) is 0 Å². The second kappa shape index (κ2) is 11.4. The van der Waals surface area contributed by atoms with Crippen molar-refractivity contribution >= 4 is 63.3 Å². The Bertz CT molecular complexity index is 483. The van der Waals surface area contributed by atoms with Gasteiger partial charge in [-0.2, -0.15) is 11.8 Å². The highest BCUT2D eigenvalue weighted by Crippen LogP contribution is 2.24. The minimum absolute atomic E-state index is 0. The van der Waals surface area contributed by atoms with E-state index in [2.05, 4.69) is 67.0 Å². The number of benzene rings is 1. The number of hydrogen-bond acceptors (Lipinski definition) is 3. The number of thioether (sulfide) groups is 1. The van der Waals surface area contributed by atoms with Crippen molar-refractivity contribution in [3.05, 3.63) is 28.7 Å². The standard InChI is InChI=1S/C16H25BrN4S.HI/c1-18-16(19-8-10-22-2)20-11-13-7-9-21(12-13)15-5-3-14(17)4-6-15;/h3-6,13H,7-12H2,1-2H3,(H2,18,19,20);1H. The fourth-order valence-corrected chi connectivity index (χ4v) is 3.19. The molecular formula is C16H26BrIN4S. The Kier molecular flexibility index (Phi) is 10.4. The van der Waals surface area contributed by atoms with Crippen LogP contribution in [-0.4, -0.2) is 51.2 Å². The highest BCUT2D eigenvalue weighted by molar-refractivity contribution is 14.0. The van der Waals surface area contributed by atoms with Gasteiger partial charge in [0.25, 0.3) is 0 Å². The molecular weight excluding hydrogens is 487 g/mol. The molecule has 0 bridgehead atoms. The van der Waals surface area contributed by atoms with Gasteiger partial charge in [-0.3, -0.25) is 4.99 Å². The van der Waals surface area contributed by atoms with Crippen molar-refractivity contribution in [2.24, 2.45) is 10.9 Å². The Morgan fingerprint density at radius 2 is 2.09 bits per heavy atom. The zero-order valence-electron chi connectivity index (χ0n) is 13.7. The normalized spacial score (nSPS) is 17.8. The Labute approximate surface area is 169 Å². The van der Waals surface area contributed by atoms with Crippen molar-refractivity contribution in [2.45, 2.75) is 6.42 Å². The van der Waals surface area contributed by atoms with Crippen LogP contribution in [0, 0.1) is 5.92 Å². The van der Waals surface area contributed by atoms with Crippen molar-refractivity contribution in [1.82, 2.24) is 10.6 Å². The molecule has 1 aliphatic rings. The quantitative estimate of drug-likeness (QED) is 0.265. The van der Waals surface area contributed by atoms with Crippen LogP contribution in [-0.2, 0) is 0 Å². The Morgan fingerprint density at radius 1 is 1.35 bits per heavy atom. The van der Waals surface area contributed by atoms with Crippen LogP contribution in [0.25, 0.3) is 0 Å². The van der Waals surface area contributed by atoms with Crippen LogP contribution in [0.1, 0.15) is 6.42 Å². The molecule has 1 saturated heterocycles. The lowest BCUT2D eigenvalue weighted by molar-refractivity contribution is 0.566. The monoisotopic (exact) mass is 512 g/mol. The number of aliphatic imine (C=N–C) groups is 1. The van der Waals surface area contributed by atoms with E-state index in [1.54, 1.807) is 0 Å². The predicted molar refractivity (Wildman–Crippen MR) is 118 cm³/mol. The lowest BCUT2D eigenvalue weighted by Crippen LogP contribution is -2.41. The van der Waals surface area contributed by atoms with E-state index in [9.17, 15) is 0 Å². The minimum Gasteiger partial charge on any atom is -0.371 e. The van der Waals surface area contributed by atoms with Crippen LogP contribution in [0.15, 0.2) is 33.7 Å². The first-order valence-electron chi connectivity index (χ1n) is 7.67. The van der Waals surface area contributed by atoms with E-state index >= 15 is 0 Å². The third-order valence-corrected chi connectivity index (χ3v) is 5.00. The highest BCUT2D eigenvalue weighted by atomic mass is 127. The van der Waals surface area contributed by atoms with Gasteiger partial charge in [-0.1, -0.05) is 15.9 Å². The molecule has 2 N–H and O–H groups in total. The average Bonchev–Trinajstić information content (AvgIpc) is 3.00. The summed E-state index contributed by atoms with van der Waals surface area (Å²) < 4.78 is 1.13. The van der Waals surface area contributed by atoms with E-state index in [0.717, 1.165) is 42.4 Å². The largest absolute Gasteiger partial charge is 0.371 e. The molecule has 1 aliphatic heterocycles. The number of nitrogens with zero attached hydrogens (tertiary/aromatic N) is 2. The van der Waals surface area contributed by atoms with Crippen molar-refractivity contribution < 1.29 is 0 Å². The molecule has 4 nitrogen and oxygen atoms in total. The molecule has 0 aromatic heterocycles. The Balaban J connectivity index is 0.00000264. The van der Waals surface area contributed by atoms with Crippen molar-refractivity contribution in [1.29, 1.82) is 0 Å². The van der Waals surface area contributed by atoms with Gasteiger partial charge >= 0.3 is 0 Å². The molecule has 2 rings (SSSR count). The molecule has 0 amide bonds. The summed E-state index contributed by atoms with van der Waals surface area (Å²) in [5.41, 5.74) is 1.31. The van der Waals surface area contributed by atoms with Gasteiger partial charge in [0.05, 0.1) is 0 Å². The zero-order valence-corrected chi connectivity index (χ0v) is 18.5. The first-order valence-corrected chi connectivity index (χ1v) is 9.85. The number of hydrogen-bond donors (Lipinski definition) is 2. The average molecular weight is 513 g/mol. The Morgan fingerprint density at radius 3 is 2.74 bits per heavy atom. The summed E-state index contributed by atoms with van der Waals surface area (Å²) in [5, 5.41) is 6.79. The smallest absolute Gasteiger partial charge is 0.191 e. The van der Waals surface area contributed by atoms with Crippen molar-refractivity contribution in [2.75, 3.05) is 50.1 Å². The molecule has 1 atom stereocenters. The fourth-order valence-electron chi connectivity index (χ4n) is 2.62. The molecule has 1 aromatic rings. The molecule has 23 heavy (non-hydrogen) atoms. The third kappa shape index (κ3) is 7.09. The maximum absolute atomic E-state index is 4.27. The van der Waals surface area contributed by atoms with Crippen LogP contribution in [0.5, 0.6) is 0 Å². The van der Waals surface area contributed by atoms with E-state index in [4.69, 9.17) is 0 Å².